The number of amides is 1. The number of rotatable bonds is 3. The van der Waals surface area contributed by atoms with E-state index in [-0.39, 0.29) is 23.0 Å². The number of aryl methyl sites for hydroxylation is 2. The Morgan fingerprint density at radius 1 is 1.00 bits per heavy atom. The van der Waals surface area contributed by atoms with Gasteiger partial charge in [0, 0.05) is 25.2 Å². The molecule has 2 heterocycles. The Hall–Kier alpha value is -2.41. The molecular formula is C20H21FN2O3S. The maximum absolute atomic E-state index is 14.6. The molecule has 7 heteroatoms. The van der Waals surface area contributed by atoms with Crippen LogP contribution in [0.1, 0.15) is 30.4 Å². The molecule has 0 atom stereocenters. The predicted octanol–water partition coefficient (Wildman–Crippen LogP) is 3.40. The van der Waals surface area contributed by atoms with Crippen molar-refractivity contribution in [3.63, 3.8) is 0 Å². The van der Waals surface area contributed by atoms with E-state index in [1.807, 2.05) is 6.07 Å². The molecule has 2 aromatic carbocycles. The van der Waals surface area contributed by atoms with Gasteiger partial charge in [-0.2, -0.15) is 0 Å². The Balaban J connectivity index is 1.70. The van der Waals surface area contributed by atoms with E-state index in [1.54, 1.807) is 24.0 Å². The van der Waals surface area contributed by atoms with Crippen molar-refractivity contribution >= 4 is 27.3 Å². The standard InChI is InChI=1S/C20H21FN2O3S/c1-14-12-15-4-2-11-23(20(15)18(21)13-14)27(25,26)17-8-6-16(7-9-17)22-10-3-5-19(22)24/h6-9,12-13H,2-5,10-11H2,1H3. The number of halogens is 1. The third-order valence-corrected chi connectivity index (χ3v) is 6.97. The fraction of sp³-hybridized carbons (Fsp3) is 0.350. The van der Waals surface area contributed by atoms with Gasteiger partial charge in [0.15, 0.2) is 0 Å². The average Bonchev–Trinajstić information content (AvgIpc) is 3.07. The van der Waals surface area contributed by atoms with Crippen LogP contribution in [0.15, 0.2) is 41.3 Å². The van der Waals surface area contributed by atoms with Gasteiger partial charge in [-0.25, -0.2) is 12.8 Å². The number of hydrogen-bond donors (Lipinski definition) is 0. The second-order valence-electron chi connectivity index (χ2n) is 7.08. The molecule has 27 heavy (non-hydrogen) atoms. The van der Waals surface area contributed by atoms with E-state index < -0.39 is 15.8 Å². The van der Waals surface area contributed by atoms with Crippen LogP contribution in [0.25, 0.3) is 0 Å². The van der Waals surface area contributed by atoms with Crippen LogP contribution in [-0.4, -0.2) is 27.4 Å². The fourth-order valence-corrected chi connectivity index (χ4v) is 5.44. The van der Waals surface area contributed by atoms with Gasteiger partial charge in [0.1, 0.15) is 5.82 Å². The van der Waals surface area contributed by atoms with Crippen molar-refractivity contribution in [1.29, 1.82) is 0 Å². The fourth-order valence-electron chi connectivity index (χ4n) is 3.89. The number of carbonyl (C=O) groups excluding carboxylic acids is 1. The lowest BCUT2D eigenvalue weighted by Crippen LogP contribution is -2.36. The molecule has 1 fully saturated rings. The highest BCUT2D eigenvalue weighted by atomic mass is 32.2. The quantitative estimate of drug-likeness (QED) is 0.810. The van der Waals surface area contributed by atoms with Crippen LogP contribution < -0.4 is 9.21 Å². The van der Waals surface area contributed by atoms with Crippen LogP contribution in [0.5, 0.6) is 0 Å². The van der Waals surface area contributed by atoms with Crippen LogP contribution in [0, 0.1) is 12.7 Å². The first-order valence-electron chi connectivity index (χ1n) is 9.10. The normalized spacial score (nSPS) is 17.3. The predicted molar refractivity (Wildman–Crippen MR) is 102 cm³/mol. The number of hydrogen-bond acceptors (Lipinski definition) is 3. The van der Waals surface area contributed by atoms with Crippen LogP contribution in [0.4, 0.5) is 15.8 Å². The third kappa shape index (κ3) is 3.10. The van der Waals surface area contributed by atoms with Gasteiger partial charge in [0.25, 0.3) is 10.0 Å². The van der Waals surface area contributed by atoms with Gasteiger partial charge < -0.3 is 4.90 Å². The van der Waals surface area contributed by atoms with Crippen molar-refractivity contribution in [3.8, 4) is 0 Å². The first kappa shape index (κ1) is 18.0. The minimum absolute atomic E-state index is 0.0491. The average molecular weight is 388 g/mol. The summed E-state index contributed by atoms with van der Waals surface area (Å²) in [5, 5.41) is 0. The maximum Gasteiger partial charge on any atom is 0.264 e. The van der Waals surface area contributed by atoms with E-state index >= 15 is 0 Å². The van der Waals surface area contributed by atoms with Crippen molar-refractivity contribution in [2.24, 2.45) is 0 Å². The number of anilines is 2. The van der Waals surface area contributed by atoms with Gasteiger partial charge >= 0.3 is 0 Å². The molecule has 2 aromatic rings. The zero-order valence-electron chi connectivity index (χ0n) is 15.1. The summed E-state index contributed by atoms with van der Waals surface area (Å²) < 4.78 is 42.1. The summed E-state index contributed by atoms with van der Waals surface area (Å²) >= 11 is 0. The molecule has 2 aliphatic rings. The maximum atomic E-state index is 14.6. The summed E-state index contributed by atoms with van der Waals surface area (Å²) in [5.41, 5.74) is 2.36. The summed E-state index contributed by atoms with van der Waals surface area (Å²) in [6.45, 7) is 2.70. The molecule has 0 spiro atoms. The highest BCUT2D eigenvalue weighted by molar-refractivity contribution is 7.92. The molecule has 0 unspecified atom stereocenters. The number of fused-ring (bicyclic) bond motifs is 1. The molecule has 0 radical (unpaired) electrons. The lowest BCUT2D eigenvalue weighted by Gasteiger charge is -2.31. The molecule has 5 nitrogen and oxygen atoms in total. The molecule has 1 saturated heterocycles. The Bertz CT molecular complexity index is 1000. The van der Waals surface area contributed by atoms with E-state index in [2.05, 4.69) is 0 Å². The number of carbonyl (C=O) groups is 1. The van der Waals surface area contributed by atoms with Gasteiger partial charge in [-0.15, -0.1) is 0 Å². The summed E-state index contributed by atoms with van der Waals surface area (Å²) in [7, 11) is -3.87. The zero-order valence-corrected chi connectivity index (χ0v) is 15.9. The first-order valence-corrected chi connectivity index (χ1v) is 10.5. The summed E-state index contributed by atoms with van der Waals surface area (Å²) in [5.74, 6) is -0.458. The van der Waals surface area contributed by atoms with Gasteiger partial charge in [-0.1, -0.05) is 6.07 Å². The van der Waals surface area contributed by atoms with Crippen molar-refractivity contribution in [2.75, 3.05) is 22.3 Å². The van der Waals surface area contributed by atoms with Crippen LogP contribution in [0.2, 0.25) is 0 Å². The van der Waals surface area contributed by atoms with Gasteiger partial charge in [0.2, 0.25) is 5.91 Å². The molecular weight excluding hydrogens is 367 g/mol. The highest BCUT2D eigenvalue weighted by Gasteiger charge is 2.32. The molecule has 2 aliphatic heterocycles. The second-order valence-corrected chi connectivity index (χ2v) is 8.94. The minimum Gasteiger partial charge on any atom is -0.312 e. The van der Waals surface area contributed by atoms with Crippen molar-refractivity contribution in [2.45, 2.75) is 37.5 Å². The Kier molecular flexibility index (Phi) is 4.42. The van der Waals surface area contributed by atoms with E-state index in [1.165, 1.54) is 22.5 Å². The SMILES string of the molecule is Cc1cc(F)c2c(c1)CCCN2S(=O)(=O)c1ccc(N2CCCC2=O)cc1. The number of nitrogens with zero attached hydrogens (tertiary/aromatic N) is 2. The lowest BCUT2D eigenvalue weighted by atomic mass is 10.0. The van der Waals surface area contributed by atoms with Crippen molar-refractivity contribution in [3.05, 3.63) is 53.3 Å². The Morgan fingerprint density at radius 2 is 1.70 bits per heavy atom. The molecule has 0 aromatic heterocycles. The molecule has 0 N–H and O–H groups in total. The topological polar surface area (TPSA) is 57.7 Å². The highest BCUT2D eigenvalue weighted by Crippen LogP contribution is 2.35. The van der Waals surface area contributed by atoms with E-state index in [0.29, 0.717) is 31.5 Å². The van der Waals surface area contributed by atoms with Gasteiger partial charge in [-0.05, 0) is 67.6 Å². The summed E-state index contributed by atoms with van der Waals surface area (Å²) in [4.78, 5) is 13.6. The van der Waals surface area contributed by atoms with Crippen molar-refractivity contribution in [1.82, 2.24) is 0 Å². The largest absolute Gasteiger partial charge is 0.312 e. The minimum atomic E-state index is -3.87. The van der Waals surface area contributed by atoms with Crippen molar-refractivity contribution < 1.29 is 17.6 Å². The van der Waals surface area contributed by atoms with E-state index in [4.69, 9.17) is 0 Å². The summed E-state index contributed by atoms with van der Waals surface area (Å²) in [6, 6.07) is 9.50. The Labute approximate surface area is 158 Å². The molecule has 0 saturated carbocycles. The van der Waals surface area contributed by atoms with Crippen LogP contribution >= 0.6 is 0 Å². The molecule has 0 aliphatic carbocycles. The second kappa shape index (κ2) is 6.64. The van der Waals surface area contributed by atoms with Crippen LogP contribution in [0.3, 0.4) is 0 Å². The third-order valence-electron chi connectivity index (χ3n) is 5.15. The molecule has 4 rings (SSSR count). The molecule has 142 valence electrons. The molecule has 1 amide bonds. The van der Waals surface area contributed by atoms with Crippen LogP contribution in [-0.2, 0) is 21.2 Å². The van der Waals surface area contributed by atoms with E-state index in [9.17, 15) is 17.6 Å². The number of sulfonamides is 1. The monoisotopic (exact) mass is 388 g/mol. The Morgan fingerprint density at radius 3 is 2.37 bits per heavy atom. The van der Waals surface area contributed by atoms with Gasteiger partial charge in [0.05, 0.1) is 10.6 Å². The molecule has 0 bridgehead atoms. The lowest BCUT2D eigenvalue weighted by molar-refractivity contribution is -0.117. The smallest absolute Gasteiger partial charge is 0.264 e. The first-order chi connectivity index (χ1) is 12.9. The number of benzene rings is 2. The summed E-state index contributed by atoms with van der Waals surface area (Å²) in [6.07, 6.45) is 2.64. The van der Waals surface area contributed by atoms with Gasteiger partial charge in [-0.3, -0.25) is 9.10 Å². The zero-order chi connectivity index (χ0) is 19.2. The van der Waals surface area contributed by atoms with E-state index in [0.717, 1.165) is 17.5 Å².